The molecule has 0 aliphatic rings. The summed E-state index contributed by atoms with van der Waals surface area (Å²) in [5, 5.41) is 0. The fourth-order valence-corrected chi connectivity index (χ4v) is 1.27. The van der Waals surface area contributed by atoms with E-state index in [0.717, 1.165) is 4.57 Å². The minimum atomic E-state index is -5.08. The van der Waals surface area contributed by atoms with Crippen LogP contribution in [0.1, 0.15) is 0 Å². The van der Waals surface area contributed by atoms with Gasteiger partial charge in [-0.2, -0.15) is 8.42 Å². The van der Waals surface area contributed by atoms with E-state index in [-0.39, 0.29) is 0 Å². The summed E-state index contributed by atoms with van der Waals surface area (Å²) in [7, 11) is -3.89. The Labute approximate surface area is 71.9 Å². The summed E-state index contributed by atoms with van der Waals surface area (Å²) in [5.41, 5.74) is -2.07. The van der Waals surface area contributed by atoms with Gasteiger partial charge < -0.3 is 4.57 Å². The molecule has 1 N–H and O–H groups in total. The van der Waals surface area contributed by atoms with E-state index < -0.39 is 26.4 Å². The van der Waals surface area contributed by atoms with E-state index in [1.807, 2.05) is 0 Å². The molecule has 0 fully saturated rings. The van der Waals surface area contributed by atoms with Crippen molar-refractivity contribution in [2.45, 2.75) is 4.90 Å². The van der Waals surface area contributed by atoms with Crippen LogP contribution in [0.2, 0.25) is 0 Å². The predicted molar refractivity (Wildman–Crippen MR) is 40.6 cm³/mol. The molecular formula is C5H5FN2O4S. The first-order valence-electron chi connectivity index (χ1n) is 3.07. The molecule has 1 rings (SSSR count). The standard InChI is InChI=1S/C5H5FN2O4S/c1-8-2-3(13(6,11)12)4(9)7-5(8)10/h2H,1H3,(H,7,9,10). The Morgan fingerprint density at radius 1 is 1.46 bits per heavy atom. The zero-order chi connectivity index (χ0) is 10.2. The summed E-state index contributed by atoms with van der Waals surface area (Å²) in [5.74, 6) is 0. The molecule has 0 amide bonds. The zero-order valence-corrected chi connectivity index (χ0v) is 7.26. The molecule has 0 saturated heterocycles. The molecule has 8 heteroatoms. The van der Waals surface area contributed by atoms with Gasteiger partial charge in [-0.1, -0.05) is 0 Å². The Bertz CT molecular complexity index is 540. The lowest BCUT2D eigenvalue weighted by atomic mass is 10.6. The quantitative estimate of drug-likeness (QED) is 0.583. The SMILES string of the molecule is Cn1cc(S(=O)(=O)F)c(=O)[nH]c1=O. The molecular weight excluding hydrogens is 203 g/mol. The van der Waals surface area contributed by atoms with Crippen LogP contribution in [0, 0.1) is 0 Å². The molecule has 1 aromatic rings. The number of nitrogens with zero attached hydrogens (tertiary/aromatic N) is 1. The highest BCUT2D eigenvalue weighted by molar-refractivity contribution is 7.86. The van der Waals surface area contributed by atoms with Gasteiger partial charge in [0.2, 0.25) is 0 Å². The molecule has 1 aromatic heterocycles. The average molecular weight is 208 g/mol. The van der Waals surface area contributed by atoms with Crippen LogP contribution < -0.4 is 11.2 Å². The van der Waals surface area contributed by atoms with E-state index in [0.29, 0.717) is 6.20 Å². The predicted octanol–water partition coefficient (Wildman–Crippen LogP) is -1.27. The number of aryl methyl sites for hydroxylation is 1. The van der Waals surface area contributed by atoms with E-state index in [1.54, 1.807) is 4.98 Å². The highest BCUT2D eigenvalue weighted by Gasteiger charge is 2.17. The van der Waals surface area contributed by atoms with Crippen molar-refractivity contribution in [2.24, 2.45) is 7.05 Å². The maximum Gasteiger partial charge on any atom is 0.339 e. The molecule has 0 unspecified atom stereocenters. The van der Waals surface area contributed by atoms with Crippen molar-refractivity contribution < 1.29 is 12.3 Å². The lowest BCUT2D eigenvalue weighted by Gasteiger charge is -1.96. The van der Waals surface area contributed by atoms with Gasteiger partial charge in [-0.15, -0.1) is 3.89 Å². The second-order valence-corrected chi connectivity index (χ2v) is 3.62. The van der Waals surface area contributed by atoms with E-state index in [4.69, 9.17) is 0 Å². The van der Waals surface area contributed by atoms with Crippen molar-refractivity contribution >= 4 is 10.2 Å². The molecule has 0 spiro atoms. The van der Waals surface area contributed by atoms with E-state index in [9.17, 15) is 21.9 Å². The highest BCUT2D eigenvalue weighted by Crippen LogP contribution is 2.02. The maximum absolute atomic E-state index is 12.3. The van der Waals surface area contributed by atoms with Gasteiger partial charge >= 0.3 is 15.9 Å². The van der Waals surface area contributed by atoms with Crippen molar-refractivity contribution in [1.29, 1.82) is 0 Å². The Kier molecular flexibility index (Phi) is 2.08. The number of halogens is 1. The fourth-order valence-electron chi connectivity index (χ4n) is 0.714. The summed E-state index contributed by atoms with van der Waals surface area (Å²) < 4.78 is 33.7. The number of hydrogen-bond acceptors (Lipinski definition) is 4. The van der Waals surface area contributed by atoms with Crippen LogP contribution in [0.15, 0.2) is 20.7 Å². The van der Waals surface area contributed by atoms with E-state index >= 15 is 0 Å². The first-order chi connectivity index (χ1) is 5.82. The number of nitrogens with one attached hydrogen (secondary N) is 1. The van der Waals surface area contributed by atoms with Crippen LogP contribution in [-0.4, -0.2) is 18.0 Å². The third kappa shape index (κ3) is 1.83. The van der Waals surface area contributed by atoms with Gasteiger partial charge in [-0.3, -0.25) is 9.78 Å². The number of aromatic amines is 1. The molecule has 0 bridgehead atoms. The van der Waals surface area contributed by atoms with Crippen LogP contribution in [0.25, 0.3) is 0 Å². The monoisotopic (exact) mass is 208 g/mol. The zero-order valence-electron chi connectivity index (χ0n) is 6.44. The van der Waals surface area contributed by atoms with E-state index in [1.165, 1.54) is 7.05 Å². The summed E-state index contributed by atoms with van der Waals surface area (Å²) >= 11 is 0. The normalized spacial score (nSPS) is 11.5. The van der Waals surface area contributed by atoms with Crippen LogP contribution in [-0.2, 0) is 17.3 Å². The van der Waals surface area contributed by atoms with Gasteiger partial charge in [0, 0.05) is 13.2 Å². The second kappa shape index (κ2) is 2.80. The van der Waals surface area contributed by atoms with Crippen LogP contribution in [0.4, 0.5) is 3.89 Å². The van der Waals surface area contributed by atoms with Gasteiger partial charge in [0.25, 0.3) is 5.56 Å². The molecule has 0 atom stereocenters. The molecule has 0 radical (unpaired) electrons. The molecule has 13 heavy (non-hydrogen) atoms. The first kappa shape index (κ1) is 9.65. The number of H-pyrrole nitrogens is 1. The Balaban J connectivity index is 3.70. The van der Waals surface area contributed by atoms with Crippen LogP contribution in [0.3, 0.4) is 0 Å². The molecule has 0 aliphatic heterocycles. The van der Waals surface area contributed by atoms with Gasteiger partial charge in [0.1, 0.15) is 0 Å². The lowest BCUT2D eigenvalue weighted by Crippen LogP contribution is -2.30. The minimum Gasteiger partial charge on any atom is -0.302 e. The Hall–Kier alpha value is -1.44. The summed E-state index contributed by atoms with van der Waals surface area (Å²) in [6.07, 6.45) is 0.622. The summed E-state index contributed by atoms with van der Waals surface area (Å²) in [6, 6.07) is 0. The van der Waals surface area contributed by atoms with Crippen molar-refractivity contribution in [2.75, 3.05) is 0 Å². The van der Waals surface area contributed by atoms with E-state index in [2.05, 4.69) is 0 Å². The average Bonchev–Trinajstić information content (AvgIpc) is 1.94. The third-order valence-electron chi connectivity index (χ3n) is 1.34. The van der Waals surface area contributed by atoms with Gasteiger partial charge in [0.15, 0.2) is 4.90 Å². The van der Waals surface area contributed by atoms with Crippen molar-refractivity contribution in [3.63, 3.8) is 0 Å². The topological polar surface area (TPSA) is 89.0 Å². The molecule has 6 nitrogen and oxygen atoms in total. The molecule has 0 aromatic carbocycles. The Morgan fingerprint density at radius 2 is 2.00 bits per heavy atom. The lowest BCUT2D eigenvalue weighted by molar-refractivity contribution is 0.547. The summed E-state index contributed by atoms with van der Waals surface area (Å²) in [6.45, 7) is 0. The number of rotatable bonds is 1. The largest absolute Gasteiger partial charge is 0.339 e. The van der Waals surface area contributed by atoms with Crippen molar-refractivity contribution in [1.82, 2.24) is 9.55 Å². The summed E-state index contributed by atoms with van der Waals surface area (Å²) in [4.78, 5) is 22.0. The first-order valence-corrected chi connectivity index (χ1v) is 4.45. The molecule has 0 aliphatic carbocycles. The van der Waals surface area contributed by atoms with Gasteiger partial charge in [0.05, 0.1) is 0 Å². The van der Waals surface area contributed by atoms with Crippen LogP contribution >= 0.6 is 0 Å². The van der Waals surface area contributed by atoms with Crippen molar-refractivity contribution in [3.8, 4) is 0 Å². The Morgan fingerprint density at radius 3 is 2.46 bits per heavy atom. The van der Waals surface area contributed by atoms with Crippen molar-refractivity contribution in [3.05, 3.63) is 27.0 Å². The molecule has 0 saturated carbocycles. The van der Waals surface area contributed by atoms with Gasteiger partial charge in [-0.05, 0) is 0 Å². The maximum atomic E-state index is 12.3. The van der Waals surface area contributed by atoms with Gasteiger partial charge in [-0.25, -0.2) is 4.79 Å². The number of aromatic nitrogens is 2. The second-order valence-electron chi connectivity index (χ2n) is 2.30. The smallest absolute Gasteiger partial charge is 0.302 e. The fraction of sp³-hybridized carbons (Fsp3) is 0.200. The third-order valence-corrected chi connectivity index (χ3v) is 2.15. The van der Waals surface area contributed by atoms with Crippen LogP contribution in [0.5, 0.6) is 0 Å². The highest BCUT2D eigenvalue weighted by atomic mass is 32.3. The molecule has 72 valence electrons. The molecule has 1 heterocycles. The number of hydrogen-bond donors (Lipinski definition) is 1. The minimum absolute atomic E-state index is 0.622.